The van der Waals surface area contributed by atoms with Crippen LogP contribution < -0.4 is 20.1 Å². The number of fused-ring (bicyclic) bond motifs is 2. The van der Waals surface area contributed by atoms with Gasteiger partial charge in [-0.2, -0.15) is 4.98 Å². The van der Waals surface area contributed by atoms with Gasteiger partial charge in [0, 0.05) is 16.9 Å². The van der Waals surface area contributed by atoms with Gasteiger partial charge < -0.3 is 20.1 Å². The van der Waals surface area contributed by atoms with E-state index in [1.807, 2.05) is 86.6 Å². The van der Waals surface area contributed by atoms with Crippen molar-refractivity contribution in [3.8, 4) is 22.9 Å². The Morgan fingerprint density at radius 2 is 1.72 bits per heavy atom. The number of ether oxygens (including phenoxy) is 2. The minimum Gasteiger partial charge on any atom is -0.486 e. The Morgan fingerprint density at radius 3 is 2.53 bits per heavy atom. The number of anilines is 2. The van der Waals surface area contributed by atoms with Gasteiger partial charge in [-0.25, -0.2) is 4.68 Å². The summed E-state index contributed by atoms with van der Waals surface area (Å²) >= 11 is 0. The highest BCUT2D eigenvalue weighted by Gasteiger charge is 2.35. The van der Waals surface area contributed by atoms with Gasteiger partial charge in [-0.1, -0.05) is 54.6 Å². The fourth-order valence-corrected chi connectivity index (χ4v) is 4.60. The van der Waals surface area contributed by atoms with Gasteiger partial charge in [-0.3, -0.25) is 4.79 Å². The minimum atomic E-state index is -0.522. The second-order valence-electron chi connectivity index (χ2n) is 8.81. The van der Waals surface area contributed by atoms with Crippen LogP contribution in [0.2, 0.25) is 0 Å². The van der Waals surface area contributed by atoms with Crippen LogP contribution in [-0.2, 0) is 4.79 Å². The molecule has 0 bridgehead atoms. The molecule has 1 amide bonds. The minimum absolute atomic E-state index is 0.211. The van der Waals surface area contributed by atoms with E-state index in [0.717, 1.165) is 22.4 Å². The van der Waals surface area contributed by atoms with E-state index in [9.17, 15) is 4.79 Å². The summed E-state index contributed by atoms with van der Waals surface area (Å²) in [6, 6.07) is 22.7. The van der Waals surface area contributed by atoms with Crippen molar-refractivity contribution < 1.29 is 14.3 Å². The van der Waals surface area contributed by atoms with Crippen molar-refractivity contribution in [2.45, 2.75) is 19.9 Å². The molecule has 36 heavy (non-hydrogen) atoms. The Bertz CT molecular complexity index is 1490. The van der Waals surface area contributed by atoms with Crippen molar-refractivity contribution in [2.24, 2.45) is 0 Å². The molecule has 3 heterocycles. The number of hydrogen-bond acceptors (Lipinski definition) is 6. The zero-order valence-electron chi connectivity index (χ0n) is 20.0. The van der Waals surface area contributed by atoms with Gasteiger partial charge in [0.1, 0.15) is 19.3 Å². The Kier molecular flexibility index (Phi) is 5.41. The van der Waals surface area contributed by atoms with Gasteiger partial charge >= 0.3 is 0 Å². The summed E-state index contributed by atoms with van der Waals surface area (Å²) < 4.78 is 13.3. The van der Waals surface area contributed by atoms with Crippen LogP contribution in [0.15, 0.2) is 84.1 Å². The number of nitrogens with one attached hydrogen (secondary N) is 2. The summed E-state index contributed by atoms with van der Waals surface area (Å²) in [5.41, 5.74) is 4.74. The molecule has 0 saturated heterocycles. The number of nitrogens with zero attached hydrogens (tertiary/aromatic N) is 3. The van der Waals surface area contributed by atoms with Gasteiger partial charge in [-0.05, 0) is 43.2 Å². The molecular formula is C28H25N5O3. The molecule has 180 valence electrons. The average Bonchev–Trinajstić information content (AvgIpc) is 3.33. The normalized spacial score (nSPS) is 16.2. The number of carbonyl (C=O) groups is 1. The molecule has 0 radical (unpaired) electrons. The maximum absolute atomic E-state index is 13.8. The third-order valence-corrected chi connectivity index (χ3v) is 6.40. The highest BCUT2D eigenvalue weighted by molar-refractivity contribution is 6.06. The first-order valence-electron chi connectivity index (χ1n) is 11.8. The summed E-state index contributed by atoms with van der Waals surface area (Å²) in [4.78, 5) is 18.5. The average molecular weight is 480 g/mol. The van der Waals surface area contributed by atoms with Crippen LogP contribution in [0.3, 0.4) is 0 Å². The van der Waals surface area contributed by atoms with Crippen molar-refractivity contribution in [1.82, 2.24) is 14.8 Å². The Morgan fingerprint density at radius 1 is 0.972 bits per heavy atom. The van der Waals surface area contributed by atoms with Gasteiger partial charge in [0.2, 0.25) is 5.95 Å². The molecular weight excluding hydrogens is 454 g/mol. The van der Waals surface area contributed by atoms with E-state index in [0.29, 0.717) is 47.8 Å². The lowest BCUT2D eigenvalue weighted by Gasteiger charge is -2.29. The molecule has 2 aliphatic rings. The van der Waals surface area contributed by atoms with Gasteiger partial charge in [0.15, 0.2) is 17.3 Å². The molecule has 4 aromatic rings. The molecule has 1 atom stereocenters. The Hall–Kier alpha value is -4.59. The van der Waals surface area contributed by atoms with Gasteiger partial charge in [-0.15, -0.1) is 5.10 Å². The standard InChI is InChI=1S/C28H25N5O3/c1-17-8-6-7-11-21(17)30-27(34)24-18(2)29-28-31-26(19-9-4-3-5-10-19)32-33(28)25(24)20-12-13-22-23(16-20)36-15-14-35-22/h3-13,16,25H,14-15H2,1-2H3,(H,30,34)(H,29,31,32). The van der Waals surface area contributed by atoms with E-state index >= 15 is 0 Å². The molecule has 0 spiro atoms. The van der Waals surface area contributed by atoms with E-state index in [1.54, 1.807) is 4.68 Å². The molecule has 6 rings (SSSR count). The first-order valence-corrected chi connectivity index (χ1v) is 11.8. The molecule has 0 fully saturated rings. The summed E-state index contributed by atoms with van der Waals surface area (Å²) in [6.45, 7) is 4.84. The van der Waals surface area contributed by atoms with Crippen LogP contribution in [0.25, 0.3) is 11.4 Å². The summed E-state index contributed by atoms with van der Waals surface area (Å²) in [5.74, 6) is 2.28. The fourth-order valence-electron chi connectivity index (χ4n) is 4.60. The lowest BCUT2D eigenvalue weighted by atomic mass is 9.94. The maximum Gasteiger partial charge on any atom is 0.255 e. The second-order valence-corrected chi connectivity index (χ2v) is 8.81. The second kappa shape index (κ2) is 8.88. The van der Waals surface area contributed by atoms with Crippen molar-refractivity contribution >= 4 is 17.5 Å². The number of allylic oxidation sites excluding steroid dienone is 1. The van der Waals surface area contributed by atoms with E-state index in [1.165, 1.54) is 0 Å². The number of aromatic nitrogens is 3. The number of benzene rings is 3. The first-order chi connectivity index (χ1) is 17.6. The van der Waals surface area contributed by atoms with Crippen molar-refractivity contribution in [2.75, 3.05) is 23.8 Å². The molecule has 1 aromatic heterocycles. The highest BCUT2D eigenvalue weighted by Crippen LogP contribution is 2.40. The molecule has 8 nitrogen and oxygen atoms in total. The predicted octanol–water partition coefficient (Wildman–Crippen LogP) is 4.95. The third-order valence-electron chi connectivity index (χ3n) is 6.40. The summed E-state index contributed by atoms with van der Waals surface area (Å²) in [7, 11) is 0. The number of hydrogen-bond donors (Lipinski definition) is 2. The topological polar surface area (TPSA) is 90.3 Å². The lowest BCUT2D eigenvalue weighted by molar-refractivity contribution is -0.113. The monoisotopic (exact) mass is 479 g/mol. The third kappa shape index (κ3) is 3.86. The summed E-state index contributed by atoms with van der Waals surface area (Å²) in [6.07, 6.45) is 0. The Balaban J connectivity index is 1.47. The molecule has 1 unspecified atom stereocenters. The van der Waals surface area contributed by atoms with E-state index in [2.05, 4.69) is 10.6 Å². The van der Waals surface area contributed by atoms with Crippen LogP contribution in [-0.4, -0.2) is 33.9 Å². The maximum atomic E-state index is 13.8. The van der Waals surface area contributed by atoms with Crippen molar-refractivity contribution in [3.05, 3.63) is 95.2 Å². The van der Waals surface area contributed by atoms with E-state index in [4.69, 9.17) is 19.6 Å². The number of aryl methyl sites for hydroxylation is 1. The van der Waals surface area contributed by atoms with E-state index in [-0.39, 0.29) is 5.91 Å². The number of carbonyl (C=O) groups excluding carboxylic acids is 1. The van der Waals surface area contributed by atoms with Crippen molar-refractivity contribution in [3.63, 3.8) is 0 Å². The zero-order valence-corrected chi connectivity index (χ0v) is 20.0. The van der Waals surface area contributed by atoms with Crippen LogP contribution in [0.4, 0.5) is 11.6 Å². The van der Waals surface area contributed by atoms with Crippen LogP contribution in [0, 0.1) is 6.92 Å². The highest BCUT2D eigenvalue weighted by atomic mass is 16.6. The fraction of sp³-hybridized carbons (Fsp3) is 0.179. The first kappa shape index (κ1) is 21.9. The molecule has 2 aliphatic heterocycles. The van der Waals surface area contributed by atoms with Crippen LogP contribution in [0.1, 0.15) is 24.1 Å². The number of rotatable bonds is 4. The molecule has 8 heteroatoms. The smallest absolute Gasteiger partial charge is 0.255 e. The number of para-hydroxylation sites is 1. The largest absolute Gasteiger partial charge is 0.486 e. The lowest BCUT2D eigenvalue weighted by Crippen LogP contribution is -2.31. The zero-order chi connectivity index (χ0) is 24.6. The molecule has 3 aromatic carbocycles. The molecule has 0 saturated carbocycles. The quantitative estimate of drug-likeness (QED) is 0.430. The predicted molar refractivity (Wildman–Crippen MR) is 137 cm³/mol. The SMILES string of the molecule is CC1=C(C(=O)Nc2ccccc2C)C(c2ccc3c(c2)OCCO3)n2nc(-c3ccccc3)nc2N1. The molecule has 2 N–H and O–H groups in total. The number of amides is 1. The van der Waals surface area contributed by atoms with Crippen molar-refractivity contribution in [1.29, 1.82) is 0 Å². The Labute approximate surface area is 208 Å². The van der Waals surface area contributed by atoms with E-state index < -0.39 is 6.04 Å². The molecule has 0 aliphatic carbocycles. The summed E-state index contributed by atoms with van der Waals surface area (Å²) in [5, 5.41) is 11.2. The van der Waals surface area contributed by atoms with Gasteiger partial charge in [0.05, 0.1) is 5.57 Å². The van der Waals surface area contributed by atoms with Crippen LogP contribution in [0.5, 0.6) is 11.5 Å². The van der Waals surface area contributed by atoms with Gasteiger partial charge in [0.25, 0.3) is 5.91 Å². The van der Waals surface area contributed by atoms with Crippen LogP contribution >= 0.6 is 0 Å².